The third kappa shape index (κ3) is 3.57. The molecule has 0 radical (unpaired) electrons. The number of ether oxygens (including phenoxy) is 1. The second-order valence-corrected chi connectivity index (χ2v) is 5.26. The van der Waals surface area contributed by atoms with Gasteiger partial charge in [-0.1, -0.05) is 24.2 Å². The van der Waals surface area contributed by atoms with Crippen molar-refractivity contribution >= 4 is 22.9 Å². The summed E-state index contributed by atoms with van der Waals surface area (Å²) in [6.07, 6.45) is 0.625. The maximum Gasteiger partial charge on any atom is 0.376 e. The molecule has 0 fully saturated rings. The number of fused-ring (bicyclic) bond motifs is 1. The molecule has 0 bridgehead atoms. The number of carbonyl (C=O) groups is 1. The fraction of sp³-hybridized carbons (Fsp3) is 0.294. The molecule has 0 aliphatic carbocycles. The molecule has 25 heavy (non-hydrogen) atoms. The molecule has 130 valence electrons. The van der Waals surface area contributed by atoms with Gasteiger partial charge in [0.1, 0.15) is 17.0 Å². The molecule has 0 unspecified atom stereocenters. The number of benzene rings is 1. The Morgan fingerprint density at radius 1 is 1.24 bits per heavy atom. The SMILES string of the molecule is CCOC(=O)c1nc(NCc2ccc(F)cc2)c2c(CC)noc2n1. The lowest BCUT2D eigenvalue weighted by Gasteiger charge is -2.08. The first-order valence-electron chi connectivity index (χ1n) is 7.94. The van der Waals surface area contributed by atoms with Crippen LogP contribution in [-0.2, 0) is 17.7 Å². The van der Waals surface area contributed by atoms with E-state index in [2.05, 4.69) is 20.4 Å². The van der Waals surface area contributed by atoms with Crippen LogP contribution < -0.4 is 5.32 Å². The summed E-state index contributed by atoms with van der Waals surface area (Å²) in [4.78, 5) is 20.3. The zero-order valence-corrected chi connectivity index (χ0v) is 13.9. The highest BCUT2D eigenvalue weighted by Crippen LogP contribution is 2.25. The fourth-order valence-electron chi connectivity index (χ4n) is 2.35. The van der Waals surface area contributed by atoms with Crippen LogP contribution in [0.5, 0.6) is 0 Å². The topological polar surface area (TPSA) is 90.1 Å². The highest BCUT2D eigenvalue weighted by Gasteiger charge is 2.20. The molecule has 2 aromatic heterocycles. The van der Waals surface area contributed by atoms with Gasteiger partial charge >= 0.3 is 5.97 Å². The highest BCUT2D eigenvalue weighted by atomic mass is 19.1. The van der Waals surface area contributed by atoms with Gasteiger partial charge in [-0.3, -0.25) is 0 Å². The van der Waals surface area contributed by atoms with Gasteiger partial charge in [-0.2, -0.15) is 4.98 Å². The number of nitrogens with one attached hydrogen (secondary N) is 1. The van der Waals surface area contributed by atoms with Gasteiger partial charge in [0.2, 0.25) is 5.82 Å². The molecule has 0 amide bonds. The molecular weight excluding hydrogens is 327 g/mol. The van der Waals surface area contributed by atoms with Gasteiger partial charge in [0.05, 0.1) is 12.3 Å². The minimum absolute atomic E-state index is 0.102. The smallest absolute Gasteiger partial charge is 0.376 e. The van der Waals surface area contributed by atoms with Crippen LogP contribution in [0.1, 0.15) is 35.7 Å². The molecule has 2 heterocycles. The average Bonchev–Trinajstić information content (AvgIpc) is 3.04. The van der Waals surface area contributed by atoms with Crippen LogP contribution in [0, 0.1) is 5.82 Å². The molecule has 0 aliphatic rings. The summed E-state index contributed by atoms with van der Waals surface area (Å²) in [5.41, 5.74) is 1.77. The number of aryl methyl sites for hydroxylation is 1. The number of anilines is 1. The Hall–Kier alpha value is -3.03. The van der Waals surface area contributed by atoms with E-state index in [1.54, 1.807) is 19.1 Å². The van der Waals surface area contributed by atoms with Crippen molar-refractivity contribution in [2.24, 2.45) is 0 Å². The lowest BCUT2D eigenvalue weighted by atomic mass is 10.2. The van der Waals surface area contributed by atoms with Crippen LogP contribution in [0.3, 0.4) is 0 Å². The van der Waals surface area contributed by atoms with Crippen LogP contribution >= 0.6 is 0 Å². The van der Waals surface area contributed by atoms with E-state index in [1.165, 1.54) is 12.1 Å². The van der Waals surface area contributed by atoms with Crippen LogP contribution in [0.25, 0.3) is 11.1 Å². The van der Waals surface area contributed by atoms with E-state index in [1.807, 2.05) is 6.92 Å². The Morgan fingerprint density at radius 2 is 2.00 bits per heavy atom. The molecule has 0 atom stereocenters. The number of aromatic nitrogens is 3. The average molecular weight is 344 g/mol. The van der Waals surface area contributed by atoms with Gasteiger partial charge in [-0.15, -0.1) is 0 Å². The predicted octanol–water partition coefficient (Wildman–Crippen LogP) is 3.11. The Bertz CT molecular complexity index is 893. The summed E-state index contributed by atoms with van der Waals surface area (Å²) in [6, 6.07) is 6.10. The minimum atomic E-state index is -0.635. The summed E-state index contributed by atoms with van der Waals surface area (Å²) in [6.45, 7) is 4.24. The van der Waals surface area contributed by atoms with Crippen molar-refractivity contribution in [1.29, 1.82) is 0 Å². The first-order chi connectivity index (χ1) is 12.1. The van der Waals surface area contributed by atoms with Gasteiger partial charge in [0.15, 0.2) is 0 Å². The third-order valence-corrected chi connectivity index (χ3v) is 3.57. The summed E-state index contributed by atoms with van der Waals surface area (Å²) < 4.78 is 23.2. The molecular formula is C17H17FN4O3. The van der Waals surface area contributed by atoms with Gasteiger partial charge in [0, 0.05) is 6.54 Å². The number of hydrogen-bond acceptors (Lipinski definition) is 7. The summed E-state index contributed by atoms with van der Waals surface area (Å²) in [5, 5.41) is 7.73. The molecule has 1 N–H and O–H groups in total. The number of halogens is 1. The van der Waals surface area contributed by atoms with E-state index in [0.29, 0.717) is 29.9 Å². The van der Waals surface area contributed by atoms with Crippen LogP contribution in [-0.4, -0.2) is 27.7 Å². The maximum absolute atomic E-state index is 13.0. The van der Waals surface area contributed by atoms with Crippen LogP contribution in [0.2, 0.25) is 0 Å². The standard InChI is InChI=1S/C17H17FN4O3/c1-3-12-13-14(19-9-10-5-7-11(18)8-6-10)20-15(17(23)24-4-2)21-16(13)25-22-12/h5-8H,3-4,9H2,1-2H3,(H,19,20,21). The zero-order valence-electron chi connectivity index (χ0n) is 13.9. The molecule has 0 saturated heterocycles. The predicted molar refractivity (Wildman–Crippen MR) is 88.7 cm³/mol. The van der Waals surface area contributed by atoms with E-state index in [0.717, 1.165) is 5.56 Å². The lowest BCUT2D eigenvalue weighted by molar-refractivity contribution is 0.0512. The van der Waals surface area contributed by atoms with Crippen molar-refractivity contribution in [1.82, 2.24) is 15.1 Å². The molecule has 0 saturated carbocycles. The van der Waals surface area contributed by atoms with Crippen LogP contribution in [0.4, 0.5) is 10.2 Å². The van der Waals surface area contributed by atoms with E-state index >= 15 is 0 Å². The van der Waals surface area contributed by atoms with Crippen molar-refractivity contribution in [2.45, 2.75) is 26.8 Å². The largest absolute Gasteiger partial charge is 0.460 e. The van der Waals surface area contributed by atoms with Gasteiger partial charge in [-0.25, -0.2) is 14.2 Å². The van der Waals surface area contributed by atoms with E-state index in [9.17, 15) is 9.18 Å². The zero-order chi connectivity index (χ0) is 17.8. The molecule has 3 rings (SSSR count). The monoisotopic (exact) mass is 344 g/mol. The Kier molecular flexibility index (Phi) is 4.87. The van der Waals surface area contributed by atoms with Crippen molar-refractivity contribution < 1.29 is 18.4 Å². The Morgan fingerprint density at radius 3 is 2.68 bits per heavy atom. The van der Waals surface area contributed by atoms with Crippen molar-refractivity contribution in [3.05, 3.63) is 47.2 Å². The first kappa shape index (κ1) is 16.8. The first-order valence-corrected chi connectivity index (χ1v) is 7.94. The summed E-state index contributed by atoms with van der Waals surface area (Å²) in [7, 11) is 0. The molecule has 1 aromatic carbocycles. The normalized spacial score (nSPS) is 10.8. The van der Waals surface area contributed by atoms with Gasteiger partial charge in [0.25, 0.3) is 5.71 Å². The number of nitrogens with zero attached hydrogens (tertiary/aromatic N) is 3. The quantitative estimate of drug-likeness (QED) is 0.687. The minimum Gasteiger partial charge on any atom is -0.460 e. The van der Waals surface area contributed by atoms with E-state index in [4.69, 9.17) is 9.26 Å². The lowest BCUT2D eigenvalue weighted by Crippen LogP contribution is -2.12. The van der Waals surface area contributed by atoms with Crippen LogP contribution in [0.15, 0.2) is 28.8 Å². The van der Waals surface area contributed by atoms with Crippen molar-refractivity contribution in [3.8, 4) is 0 Å². The molecule has 0 spiro atoms. The number of hydrogen-bond donors (Lipinski definition) is 1. The Balaban J connectivity index is 1.96. The van der Waals surface area contributed by atoms with Crippen molar-refractivity contribution in [2.75, 3.05) is 11.9 Å². The van der Waals surface area contributed by atoms with E-state index < -0.39 is 5.97 Å². The maximum atomic E-state index is 13.0. The van der Waals surface area contributed by atoms with Gasteiger partial charge in [-0.05, 0) is 31.0 Å². The second-order valence-electron chi connectivity index (χ2n) is 5.26. The number of carbonyl (C=O) groups excluding carboxylic acids is 1. The highest BCUT2D eigenvalue weighted by molar-refractivity contribution is 5.93. The van der Waals surface area contributed by atoms with Crippen molar-refractivity contribution in [3.63, 3.8) is 0 Å². The molecule has 3 aromatic rings. The number of esters is 1. The second kappa shape index (κ2) is 7.25. The summed E-state index contributed by atoms with van der Waals surface area (Å²) in [5.74, 6) is -0.612. The summed E-state index contributed by atoms with van der Waals surface area (Å²) >= 11 is 0. The number of rotatable bonds is 6. The van der Waals surface area contributed by atoms with Gasteiger partial charge < -0.3 is 14.6 Å². The third-order valence-electron chi connectivity index (χ3n) is 3.57. The fourth-order valence-corrected chi connectivity index (χ4v) is 2.35. The molecule has 8 heteroatoms. The molecule has 0 aliphatic heterocycles. The molecule has 7 nitrogen and oxygen atoms in total. The Labute approximate surface area is 143 Å². The van der Waals surface area contributed by atoms with E-state index in [-0.39, 0.29) is 24.0 Å².